The van der Waals surface area contributed by atoms with Crippen LogP contribution in [-0.2, 0) is 10.0 Å². The normalized spacial score (nSPS) is 11.0. The Morgan fingerprint density at radius 3 is 2.32 bits per heavy atom. The molecule has 0 aliphatic heterocycles. The molecule has 2 rings (SSSR count). The van der Waals surface area contributed by atoms with Crippen LogP contribution in [-0.4, -0.2) is 33.3 Å². The van der Waals surface area contributed by atoms with E-state index in [-0.39, 0.29) is 21.4 Å². The highest BCUT2D eigenvalue weighted by atomic mass is 35.5. The van der Waals surface area contributed by atoms with Crippen molar-refractivity contribution in [1.82, 2.24) is 4.90 Å². The maximum absolute atomic E-state index is 12.4. The quantitative estimate of drug-likeness (QED) is 0.932. The molecule has 22 heavy (non-hydrogen) atoms. The molecule has 1 amide bonds. The number of hydrogen-bond acceptors (Lipinski definition) is 3. The van der Waals surface area contributed by atoms with Gasteiger partial charge in [0.05, 0.1) is 5.02 Å². The predicted molar refractivity (Wildman–Crippen MR) is 86.7 cm³/mol. The standard InChI is InChI=1S/C15H15ClN2O3S/c1-18(2)15(19)11-8-9-13(16)14(10-11)22(20,21)17-12-6-4-3-5-7-12/h3-10,17H,1-2H3. The van der Waals surface area contributed by atoms with Crippen LogP contribution in [0, 0.1) is 0 Å². The van der Waals surface area contributed by atoms with E-state index in [2.05, 4.69) is 4.72 Å². The van der Waals surface area contributed by atoms with Gasteiger partial charge < -0.3 is 4.90 Å². The van der Waals surface area contributed by atoms with Crippen LogP contribution >= 0.6 is 11.6 Å². The number of carbonyl (C=O) groups is 1. The molecule has 0 heterocycles. The molecule has 5 nitrogen and oxygen atoms in total. The average Bonchev–Trinajstić information content (AvgIpc) is 2.47. The van der Waals surface area contributed by atoms with Gasteiger partial charge in [0, 0.05) is 25.3 Å². The second-order valence-corrected chi connectivity index (χ2v) is 6.87. The lowest BCUT2D eigenvalue weighted by molar-refractivity contribution is 0.0827. The second kappa shape index (κ2) is 6.37. The minimum atomic E-state index is -3.88. The Labute approximate surface area is 134 Å². The fourth-order valence-electron chi connectivity index (χ4n) is 1.82. The molecule has 7 heteroatoms. The number of anilines is 1. The summed E-state index contributed by atoms with van der Waals surface area (Å²) in [6.45, 7) is 0. The molecule has 0 atom stereocenters. The molecule has 0 radical (unpaired) electrons. The van der Waals surface area contributed by atoms with Crippen molar-refractivity contribution in [3.05, 3.63) is 59.1 Å². The highest BCUT2D eigenvalue weighted by Gasteiger charge is 2.20. The van der Waals surface area contributed by atoms with Crippen LogP contribution in [0.25, 0.3) is 0 Å². The molecule has 0 unspecified atom stereocenters. The molecular weight excluding hydrogens is 324 g/mol. The van der Waals surface area contributed by atoms with Crippen LogP contribution in [0.4, 0.5) is 5.69 Å². The van der Waals surface area contributed by atoms with Crippen LogP contribution in [0.1, 0.15) is 10.4 Å². The number of amides is 1. The van der Waals surface area contributed by atoms with Crippen molar-refractivity contribution < 1.29 is 13.2 Å². The molecule has 0 bridgehead atoms. The van der Waals surface area contributed by atoms with Gasteiger partial charge in [0.2, 0.25) is 0 Å². The Morgan fingerprint density at radius 1 is 1.09 bits per heavy atom. The van der Waals surface area contributed by atoms with E-state index in [1.165, 1.54) is 23.1 Å². The van der Waals surface area contributed by atoms with E-state index in [0.717, 1.165) is 0 Å². The highest BCUT2D eigenvalue weighted by molar-refractivity contribution is 7.92. The molecule has 116 valence electrons. The summed E-state index contributed by atoms with van der Waals surface area (Å²) in [4.78, 5) is 13.2. The first-order valence-corrected chi connectivity index (χ1v) is 8.26. The number of halogens is 1. The van der Waals surface area contributed by atoms with Gasteiger partial charge in [-0.3, -0.25) is 9.52 Å². The summed E-state index contributed by atoms with van der Waals surface area (Å²) in [5.41, 5.74) is 0.672. The van der Waals surface area contributed by atoms with Crippen molar-refractivity contribution >= 4 is 33.2 Å². The summed E-state index contributed by atoms with van der Waals surface area (Å²) < 4.78 is 27.3. The number of hydrogen-bond donors (Lipinski definition) is 1. The van der Waals surface area contributed by atoms with E-state index in [9.17, 15) is 13.2 Å². The topological polar surface area (TPSA) is 66.5 Å². The number of para-hydroxylation sites is 1. The van der Waals surface area contributed by atoms with Crippen LogP contribution in [0.3, 0.4) is 0 Å². The third kappa shape index (κ3) is 3.58. The van der Waals surface area contributed by atoms with Gasteiger partial charge in [-0.05, 0) is 30.3 Å². The number of benzene rings is 2. The Bertz CT molecular complexity index is 790. The van der Waals surface area contributed by atoms with Gasteiger partial charge in [-0.1, -0.05) is 29.8 Å². The fourth-order valence-corrected chi connectivity index (χ4v) is 3.40. The fraction of sp³-hybridized carbons (Fsp3) is 0.133. The van der Waals surface area contributed by atoms with Crippen molar-refractivity contribution in [1.29, 1.82) is 0 Å². The minimum absolute atomic E-state index is 0.0544. The molecular formula is C15H15ClN2O3S. The van der Waals surface area contributed by atoms with E-state index < -0.39 is 10.0 Å². The zero-order valence-electron chi connectivity index (χ0n) is 12.1. The van der Waals surface area contributed by atoms with Crippen LogP contribution in [0.15, 0.2) is 53.4 Å². The van der Waals surface area contributed by atoms with E-state index in [1.807, 2.05) is 0 Å². The molecule has 0 saturated heterocycles. The zero-order chi connectivity index (χ0) is 16.3. The highest BCUT2D eigenvalue weighted by Crippen LogP contribution is 2.25. The van der Waals surface area contributed by atoms with Crippen molar-refractivity contribution in [3.8, 4) is 0 Å². The second-order valence-electron chi connectivity index (χ2n) is 4.82. The largest absolute Gasteiger partial charge is 0.345 e. The molecule has 1 N–H and O–H groups in total. The molecule has 0 spiro atoms. The summed E-state index contributed by atoms with van der Waals surface area (Å²) >= 11 is 5.99. The zero-order valence-corrected chi connectivity index (χ0v) is 13.6. The monoisotopic (exact) mass is 338 g/mol. The number of sulfonamides is 1. The minimum Gasteiger partial charge on any atom is -0.345 e. The third-order valence-corrected chi connectivity index (χ3v) is 4.76. The Hall–Kier alpha value is -2.05. The van der Waals surface area contributed by atoms with E-state index in [1.54, 1.807) is 44.4 Å². The van der Waals surface area contributed by atoms with E-state index >= 15 is 0 Å². The predicted octanol–water partition coefficient (Wildman–Crippen LogP) is 2.84. The van der Waals surface area contributed by atoms with Crippen molar-refractivity contribution in [2.45, 2.75) is 4.90 Å². The lowest BCUT2D eigenvalue weighted by Crippen LogP contribution is -2.22. The van der Waals surface area contributed by atoms with Gasteiger partial charge in [-0.2, -0.15) is 0 Å². The molecule has 0 aromatic heterocycles. The lowest BCUT2D eigenvalue weighted by atomic mass is 10.2. The summed E-state index contributed by atoms with van der Waals surface area (Å²) in [7, 11) is -0.697. The molecule has 0 aliphatic rings. The van der Waals surface area contributed by atoms with Crippen LogP contribution < -0.4 is 4.72 Å². The van der Waals surface area contributed by atoms with Gasteiger partial charge in [0.1, 0.15) is 4.90 Å². The molecule has 2 aromatic carbocycles. The molecule has 0 aliphatic carbocycles. The third-order valence-electron chi connectivity index (χ3n) is 2.90. The van der Waals surface area contributed by atoms with E-state index in [4.69, 9.17) is 11.6 Å². The van der Waals surface area contributed by atoms with Gasteiger partial charge in [0.25, 0.3) is 15.9 Å². The smallest absolute Gasteiger partial charge is 0.263 e. The van der Waals surface area contributed by atoms with Crippen molar-refractivity contribution in [2.24, 2.45) is 0 Å². The maximum atomic E-state index is 12.4. The number of rotatable bonds is 4. The summed E-state index contributed by atoms with van der Waals surface area (Å²) in [5.74, 6) is -0.298. The SMILES string of the molecule is CN(C)C(=O)c1ccc(Cl)c(S(=O)(=O)Nc2ccccc2)c1. The molecule has 2 aromatic rings. The molecule has 0 saturated carbocycles. The van der Waals surface area contributed by atoms with Gasteiger partial charge in [0.15, 0.2) is 0 Å². The first-order chi connectivity index (χ1) is 10.3. The van der Waals surface area contributed by atoms with Crippen molar-refractivity contribution in [3.63, 3.8) is 0 Å². The first kappa shape index (κ1) is 16.3. The summed E-state index contributed by atoms with van der Waals surface area (Å²) in [6, 6.07) is 12.6. The Morgan fingerprint density at radius 2 is 1.73 bits per heavy atom. The summed E-state index contributed by atoms with van der Waals surface area (Å²) in [5, 5.41) is 0.0544. The number of nitrogens with one attached hydrogen (secondary N) is 1. The van der Waals surface area contributed by atoms with Crippen LogP contribution in [0.5, 0.6) is 0 Å². The maximum Gasteiger partial charge on any atom is 0.263 e. The lowest BCUT2D eigenvalue weighted by Gasteiger charge is -2.13. The number of carbonyl (C=O) groups excluding carboxylic acids is 1. The van der Waals surface area contributed by atoms with E-state index in [0.29, 0.717) is 5.69 Å². The summed E-state index contributed by atoms with van der Waals surface area (Å²) in [6.07, 6.45) is 0. The van der Waals surface area contributed by atoms with Gasteiger partial charge in [-0.25, -0.2) is 8.42 Å². The Balaban J connectivity index is 2.42. The van der Waals surface area contributed by atoms with Gasteiger partial charge in [-0.15, -0.1) is 0 Å². The van der Waals surface area contributed by atoms with Gasteiger partial charge >= 0.3 is 0 Å². The Kier molecular flexibility index (Phi) is 4.73. The van der Waals surface area contributed by atoms with Crippen LogP contribution in [0.2, 0.25) is 5.02 Å². The first-order valence-electron chi connectivity index (χ1n) is 6.40. The molecule has 0 fully saturated rings. The van der Waals surface area contributed by atoms with Crippen molar-refractivity contribution in [2.75, 3.05) is 18.8 Å². The number of nitrogens with zero attached hydrogens (tertiary/aromatic N) is 1. The average molecular weight is 339 g/mol.